The molecule has 0 atom stereocenters. The molecule has 1 aliphatic rings. The Hall–Kier alpha value is -1.02. The quantitative estimate of drug-likeness (QED) is 0.833. The van der Waals surface area contributed by atoms with Gasteiger partial charge in [-0.3, -0.25) is 0 Å². The molecule has 0 unspecified atom stereocenters. The molecule has 2 nitrogen and oxygen atoms in total. The lowest BCUT2D eigenvalue weighted by molar-refractivity contribution is 0.424. The molecular weight excluding hydrogens is 244 g/mol. The molecule has 1 aliphatic carbocycles. The van der Waals surface area contributed by atoms with E-state index >= 15 is 0 Å². The highest BCUT2D eigenvalue weighted by Crippen LogP contribution is 2.33. The molecule has 2 heteroatoms. The van der Waals surface area contributed by atoms with Crippen molar-refractivity contribution in [1.82, 2.24) is 5.32 Å². The fourth-order valence-corrected chi connectivity index (χ4v) is 2.64. The first-order chi connectivity index (χ1) is 9.40. The first-order valence-electron chi connectivity index (χ1n) is 8.02. The van der Waals surface area contributed by atoms with Crippen LogP contribution in [-0.4, -0.2) is 18.1 Å². The van der Waals surface area contributed by atoms with E-state index in [-0.39, 0.29) is 5.54 Å². The molecule has 112 valence electrons. The smallest absolute Gasteiger partial charge is 0.0398 e. The van der Waals surface area contributed by atoms with Crippen molar-refractivity contribution in [1.29, 1.82) is 0 Å². The Labute approximate surface area is 124 Å². The van der Waals surface area contributed by atoms with Crippen molar-refractivity contribution in [2.75, 3.05) is 11.4 Å². The van der Waals surface area contributed by atoms with Crippen LogP contribution >= 0.6 is 0 Å². The van der Waals surface area contributed by atoms with Gasteiger partial charge in [0.15, 0.2) is 0 Å². The topological polar surface area (TPSA) is 15.3 Å². The molecule has 0 amide bonds. The Kier molecular flexibility index (Phi) is 4.74. The van der Waals surface area contributed by atoms with E-state index in [0.717, 1.165) is 12.6 Å². The zero-order valence-corrected chi connectivity index (χ0v) is 13.8. The Morgan fingerprint density at radius 3 is 2.45 bits per heavy atom. The molecule has 0 bridgehead atoms. The molecule has 0 aliphatic heterocycles. The van der Waals surface area contributed by atoms with Crippen molar-refractivity contribution >= 4 is 5.69 Å². The normalized spacial score (nSPS) is 15.4. The molecule has 0 spiro atoms. The van der Waals surface area contributed by atoms with Crippen LogP contribution in [-0.2, 0) is 6.54 Å². The minimum atomic E-state index is 0.175. The maximum atomic E-state index is 3.56. The summed E-state index contributed by atoms with van der Waals surface area (Å²) in [4.78, 5) is 2.61. The van der Waals surface area contributed by atoms with Crippen molar-refractivity contribution in [3.63, 3.8) is 0 Å². The number of rotatable bonds is 6. The molecule has 1 aromatic rings. The SMILES string of the molecule is CCCN(c1ccc(CNC(C)(C)C)cc1C)C1CC1. The zero-order valence-electron chi connectivity index (χ0n) is 13.8. The number of hydrogen-bond donors (Lipinski definition) is 1. The lowest BCUT2D eigenvalue weighted by Crippen LogP contribution is -2.35. The maximum Gasteiger partial charge on any atom is 0.0398 e. The van der Waals surface area contributed by atoms with Gasteiger partial charge in [-0.05, 0) is 64.2 Å². The van der Waals surface area contributed by atoms with Gasteiger partial charge < -0.3 is 10.2 Å². The summed E-state index contributed by atoms with van der Waals surface area (Å²) in [6.07, 6.45) is 3.96. The summed E-state index contributed by atoms with van der Waals surface area (Å²) in [5.41, 5.74) is 4.41. The number of aryl methyl sites for hydroxylation is 1. The zero-order chi connectivity index (χ0) is 14.8. The molecule has 2 rings (SSSR count). The number of anilines is 1. The van der Waals surface area contributed by atoms with Gasteiger partial charge in [-0.2, -0.15) is 0 Å². The van der Waals surface area contributed by atoms with Gasteiger partial charge in [0.05, 0.1) is 0 Å². The van der Waals surface area contributed by atoms with Gasteiger partial charge in [-0.25, -0.2) is 0 Å². The third-order valence-corrected chi connectivity index (χ3v) is 3.85. The summed E-state index contributed by atoms with van der Waals surface area (Å²) in [5, 5.41) is 3.56. The van der Waals surface area contributed by atoms with Gasteiger partial charge in [0, 0.05) is 30.4 Å². The van der Waals surface area contributed by atoms with E-state index < -0.39 is 0 Å². The molecule has 0 heterocycles. The van der Waals surface area contributed by atoms with Gasteiger partial charge in [0.1, 0.15) is 0 Å². The van der Waals surface area contributed by atoms with Crippen molar-refractivity contribution in [3.8, 4) is 0 Å². The van der Waals surface area contributed by atoms with E-state index in [9.17, 15) is 0 Å². The second-order valence-electron chi connectivity index (χ2n) is 7.15. The van der Waals surface area contributed by atoms with Crippen molar-refractivity contribution in [2.45, 2.75) is 72.0 Å². The summed E-state index contributed by atoms with van der Waals surface area (Å²) >= 11 is 0. The van der Waals surface area contributed by atoms with E-state index in [1.807, 2.05) is 0 Å². The Balaban J connectivity index is 2.08. The van der Waals surface area contributed by atoms with Crippen LogP contribution in [0.1, 0.15) is 58.1 Å². The van der Waals surface area contributed by atoms with Gasteiger partial charge in [-0.15, -0.1) is 0 Å². The van der Waals surface area contributed by atoms with Crippen LogP contribution in [0.2, 0.25) is 0 Å². The highest BCUT2D eigenvalue weighted by atomic mass is 15.2. The van der Waals surface area contributed by atoms with Crippen LogP contribution in [0.15, 0.2) is 18.2 Å². The van der Waals surface area contributed by atoms with Crippen LogP contribution < -0.4 is 10.2 Å². The monoisotopic (exact) mass is 274 g/mol. The first-order valence-corrected chi connectivity index (χ1v) is 8.02. The minimum Gasteiger partial charge on any atom is -0.368 e. The summed E-state index contributed by atoms with van der Waals surface area (Å²) in [6.45, 7) is 13.3. The van der Waals surface area contributed by atoms with Crippen LogP contribution in [0.4, 0.5) is 5.69 Å². The lowest BCUT2D eigenvalue weighted by atomic mass is 10.1. The number of nitrogens with one attached hydrogen (secondary N) is 1. The fourth-order valence-electron chi connectivity index (χ4n) is 2.64. The molecule has 1 fully saturated rings. The summed E-state index contributed by atoms with van der Waals surface area (Å²) in [7, 11) is 0. The highest BCUT2D eigenvalue weighted by Gasteiger charge is 2.29. The van der Waals surface area contributed by atoms with E-state index in [4.69, 9.17) is 0 Å². The molecular formula is C18H30N2. The maximum absolute atomic E-state index is 3.56. The van der Waals surface area contributed by atoms with Gasteiger partial charge in [-0.1, -0.05) is 19.1 Å². The van der Waals surface area contributed by atoms with Crippen LogP contribution in [0.5, 0.6) is 0 Å². The predicted molar refractivity (Wildman–Crippen MR) is 88.4 cm³/mol. The summed E-state index contributed by atoms with van der Waals surface area (Å²) < 4.78 is 0. The third-order valence-electron chi connectivity index (χ3n) is 3.85. The van der Waals surface area contributed by atoms with E-state index in [0.29, 0.717) is 0 Å². The third kappa shape index (κ3) is 4.24. The predicted octanol–water partition coefficient (Wildman–Crippen LogP) is 4.26. The fraction of sp³-hybridized carbons (Fsp3) is 0.667. The van der Waals surface area contributed by atoms with Crippen molar-refractivity contribution in [3.05, 3.63) is 29.3 Å². The van der Waals surface area contributed by atoms with Crippen LogP contribution in [0.25, 0.3) is 0 Å². The molecule has 0 radical (unpaired) electrons. The highest BCUT2D eigenvalue weighted by molar-refractivity contribution is 5.56. The summed E-state index contributed by atoms with van der Waals surface area (Å²) in [6, 6.07) is 7.75. The van der Waals surface area contributed by atoms with Crippen LogP contribution in [0.3, 0.4) is 0 Å². The number of benzene rings is 1. The molecule has 1 N–H and O–H groups in total. The lowest BCUT2D eigenvalue weighted by Gasteiger charge is -2.27. The van der Waals surface area contributed by atoms with Crippen LogP contribution in [0, 0.1) is 6.92 Å². The molecule has 20 heavy (non-hydrogen) atoms. The summed E-state index contributed by atoms with van der Waals surface area (Å²) in [5.74, 6) is 0. The standard InChI is InChI=1S/C18H30N2/c1-6-11-20(16-8-9-16)17-10-7-15(12-14(17)2)13-19-18(3,4)5/h7,10,12,16,19H,6,8-9,11,13H2,1-5H3. The van der Waals surface area contributed by atoms with E-state index in [1.165, 1.54) is 42.6 Å². The van der Waals surface area contributed by atoms with Gasteiger partial charge in [0.25, 0.3) is 0 Å². The van der Waals surface area contributed by atoms with Gasteiger partial charge in [0.2, 0.25) is 0 Å². The Bertz CT molecular complexity index is 441. The average molecular weight is 274 g/mol. The van der Waals surface area contributed by atoms with E-state index in [2.05, 4.69) is 63.0 Å². The van der Waals surface area contributed by atoms with Crippen molar-refractivity contribution in [2.24, 2.45) is 0 Å². The molecule has 1 saturated carbocycles. The minimum absolute atomic E-state index is 0.175. The molecule has 0 aromatic heterocycles. The Morgan fingerprint density at radius 1 is 1.25 bits per heavy atom. The van der Waals surface area contributed by atoms with Crippen molar-refractivity contribution < 1.29 is 0 Å². The van der Waals surface area contributed by atoms with E-state index in [1.54, 1.807) is 0 Å². The molecule has 1 aromatic carbocycles. The van der Waals surface area contributed by atoms with Gasteiger partial charge >= 0.3 is 0 Å². The first kappa shape index (κ1) is 15.4. The molecule has 0 saturated heterocycles. The second-order valence-corrected chi connectivity index (χ2v) is 7.15. The second kappa shape index (κ2) is 6.17. The largest absolute Gasteiger partial charge is 0.368 e. The number of hydrogen-bond acceptors (Lipinski definition) is 2. The number of nitrogens with zero attached hydrogens (tertiary/aromatic N) is 1. The Morgan fingerprint density at radius 2 is 1.95 bits per heavy atom. The average Bonchev–Trinajstić information content (AvgIpc) is 3.18.